The van der Waals surface area contributed by atoms with Crippen LogP contribution in [0.25, 0.3) is 0 Å². The van der Waals surface area contributed by atoms with Gasteiger partial charge in [-0.15, -0.1) is 11.3 Å². The molecule has 0 aliphatic heterocycles. The molecule has 9 heteroatoms. The molecule has 8 nitrogen and oxygen atoms in total. The summed E-state index contributed by atoms with van der Waals surface area (Å²) in [5, 5.41) is 15.7. The monoisotopic (exact) mass is 337 g/mol. The number of hydrogen-bond donors (Lipinski definition) is 2. The van der Waals surface area contributed by atoms with Crippen molar-refractivity contribution in [3.8, 4) is 0 Å². The molecule has 0 unspecified atom stereocenters. The number of carboxylic acid groups (broad SMARTS) is 1. The van der Waals surface area contributed by atoms with E-state index < -0.39 is 17.8 Å². The zero-order valence-electron chi connectivity index (χ0n) is 13.0. The molecule has 0 saturated heterocycles. The van der Waals surface area contributed by atoms with Crippen LogP contribution in [0.5, 0.6) is 0 Å². The van der Waals surface area contributed by atoms with Gasteiger partial charge in [-0.2, -0.15) is 5.10 Å². The number of esters is 1. The molecule has 0 saturated carbocycles. The maximum atomic E-state index is 12.4. The van der Waals surface area contributed by atoms with Crippen molar-refractivity contribution in [2.75, 3.05) is 12.4 Å². The van der Waals surface area contributed by atoms with E-state index in [4.69, 9.17) is 9.84 Å². The van der Waals surface area contributed by atoms with Gasteiger partial charge >= 0.3 is 11.9 Å². The molecule has 0 bridgehead atoms. The molecule has 2 rings (SSSR count). The summed E-state index contributed by atoms with van der Waals surface area (Å²) in [6, 6.07) is 0. The van der Waals surface area contributed by atoms with Crippen molar-refractivity contribution in [1.29, 1.82) is 0 Å². The summed E-state index contributed by atoms with van der Waals surface area (Å²) in [5.74, 6) is -2.52. The van der Waals surface area contributed by atoms with Crippen LogP contribution in [0.2, 0.25) is 0 Å². The molecule has 0 spiro atoms. The van der Waals surface area contributed by atoms with Crippen molar-refractivity contribution in [2.45, 2.75) is 13.8 Å². The lowest BCUT2D eigenvalue weighted by atomic mass is 10.1. The zero-order chi connectivity index (χ0) is 17.3. The van der Waals surface area contributed by atoms with Crippen LogP contribution in [0.3, 0.4) is 0 Å². The minimum Gasteiger partial charge on any atom is -0.476 e. The van der Waals surface area contributed by atoms with Crippen LogP contribution in [0.15, 0.2) is 6.20 Å². The summed E-state index contributed by atoms with van der Waals surface area (Å²) in [5.41, 5.74) is 0.542. The topological polar surface area (TPSA) is 111 Å². The molecule has 1 amide bonds. The average molecular weight is 337 g/mol. The molecule has 0 aliphatic rings. The Morgan fingerprint density at radius 1 is 1.35 bits per heavy atom. The maximum Gasteiger partial charge on any atom is 0.357 e. The van der Waals surface area contributed by atoms with Crippen molar-refractivity contribution in [1.82, 2.24) is 9.78 Å². The molecule has 2 aromatic rings. The molecule has 2 N–H and O–H groups in total. The highest BCUT2D eigenvalue weighted by atomic mass is 32.1. The van der Waals surface area contributed by atoms with Crippen LogP contribution in [-0.4, -0.2) is 39.8 Å². The average Bonchev–Trinajstić information content (AvgIpc) is 3.00. The number of ether oxygens (including phenoxy) is 1. The van der Waals surface area contributed by atoms with Gasteiger partial charge in [0.2, 0.25) is 0 Å². The fraction of sp³-hybridized carbons (Fsp3) is 0.286. The number of anilines is 1. The largest absolute Gasteiger partial charge is 0.476 e. The van der Waals surface area contributed by atoms with E-state index in [1.165, 1.54) is 36.4 Å². The standard InChI is InChI=1S/C14H15N3O5S/c1-6-7(2)23-12(9(6)14(21)22-4)15-11(18)8-5-17(3)16-10(8)13(19)20/h5H,1-4H3,(H,15,18)(H,19,20). The van der Waals surface area contributed by atoms with Crippen LogP contribution in [0.1, 0.15) is 41.6 Å². The Kier molecular flexibility index (Phi) is 4.50. The molecule has 2 aromatic heterocycles. The lowest BCUT2D eigenvalue weighted by Gasteiger charge is -2.05. The quantitative estimate of drug-likeness (QED) is 0.824. The molecule has 0 atom stereocenters. The molecule has 0 aromatic carbocycles. The first-order chi connectivity index (χ1) is 10.8. The number of carboxylic acids is 1. The van der Waals surface area contributed by atoms with Crippen molar-refractivity contribution in [3.05, 3.63) is 33.5 Å². The summed E-state index contributed by atoms with van der Waals surface area (Å²) in [7, 11) is 2.77. The Hall–Kier alpha value is -2.68. The number of nitrogens with one attached hydrogen (secondary N) is 1. The first-order valence-corrected chi connectivity index (χ1v) is 7.34. The predicted molar refractivity (Wildman–Crippen MR) is 83.3 cm³/mol. The second kappa shape index (κ2) is 6.21. The van der Waals surface area contributed by atoms with Crippen LogP contribution in [-0.2, 0) is 11.8 Å². The fourth-order valence-corrected chi connectivity index (χ4v) is 3.09. The third-order valence-corrected chi connectivity index (χ3v) is 4.40. The van der Waals surface area contributed by atoms with Crippen molar-refractivity contribution < 1.29 is 24.2 Å². The summed E-state index contributed by atoms with van der Waals surface area (Å²) in [6.45, 7) is 3.56. The van der Waals surface area contributed by atoms with Crippen LogP contribution in [0, 0.1) is 13.8 Å². The predicted octanol–water partition coefficient (Wildman–Crippen LogP) is 1.84. The van der Waals surface area contributed by atoms with E-state index in [0.29, 0.717) is 10.6 Å². The molecule has 2 heterocycles. The SMILES string of the molecule is COC(=O)c1c(NC(=O)c2cn(C)nc2C(=O)O)sc(C)c1C. The van der Waals surface area contributed by atoms with Gasteiger partial charge in [-0.1, -0.05) is 0 Å². The summed E-state index contributed by atoms with van der Waals surface area (Å²) < 4.78 is 5.97. The van der Waals surface area contributed by atoms with Gasteiger partial charge < -0.3 is 15.2 Å². The highest BCUT2D eigenvalue weighted by molar-refractivity contribution is 7.16. The zero-order valence-corrected chi connectivity index (χ0v) is 13.8. The van der Waals surface area contributed by atoms with E-state index in [1.54, 1.807) is 6.92 Å². The molecule has 0 radical (unpaired) electrons. The highest BCUT2D eigenvalue weighted by Crippen LogP contribution is 2.33. The number of aryl methyl sites for hydroxylation is 2. The molecule has 0 fully saturated rings. The van der Waals surface area contributed by atoms with Gasteiger partial charge in [-0.05, 0) is 19.4 Å². The van der Waals surface area contributed by atoms with E-state index in [-0.39, 0.29) is 16.8 Å². The first-order valence-electron chi connectivity index (χ1n) is 6.52. The van der Waals surface area contributed by atoms with Gasteiger partial charge in [0.05, 0.1) is 18.2 Å². The number of aromatic carboxylic acids is 1. The summed E-state index contributed by atoms with van der Waals surface area (Å²) in [4.78, 5) is 36.2. The molecular weight excluding hydrogens is 322 g/mol. The number of aromatic nitrogens is 2. The third-order valence-electron chi connectivity index (χ3n) is 3.28. The smallest absolute Gasteiger partial charge is 0.357 e. The van der Waals surface area contributed by atoms with Crippen LogP contribution < -0.4 is 5.32 Å². The van der Waals surface area contributed by atoms with E-state index in [9.17, 15) is 14.4 Å². The Balaban J connectivity index is 2.40. The van der Waals surface area contributed by atoms with Gasteiger partial charge in [0.15, 0.2) is 5.69 Å². The Morgan fingerprint density at radius 2 is 2.00 bits per heavy atom. The number of methoxy groups -OCH3 is 1. The number of rotatable bonds is 4. The lowest BCUT2D eigenvalue weighted by molar-refractivity contribution is 0.0600. The third kappa shape index (κ3) is 3.09. The van der Waals surface area contributed by atoms with Gasteiger partial charge in [-0.25, -0.2) is 9.59 Å². The minimum absolute atomic E-state index is 0.0838. The Morgan fingerprint density at radius 3 is 2.57 bits per heavy atom. The van der Waals surface area contributed by atoms with Gasteiger partial charge in [0.1, 0.15) is 5.00 Å². The maximum absolute atomic E-state index is 12.4. The molecular formula is C14H15N3O5S. The Labute approximate surface area is 135 Å². The van der Waals surface area contributed by atoms with E-state index in [2.05, 4.69) is 10.4 Å². The number of carbonyl (C=O) groups is 3. The number of amides is 1. The molecule has 122 valence electrons. The summed E-state index contributed by atoms with van der Waals surface area (Å²) >= 11 is 1.22. The van der Waals surface area contributed by atoms with E-state index >= 15 is 0 Å². The highest BCUT2D eigenvalue weighted by Gasteiger charge is 2.25. The van der Waals surface area contributed by atoms with E-state index in [0.717, 1.165) is 4.88 Å². The van der Waals surface area contributed by atoms with Crippen molar-refractivity contribution >= 4 is 34.2 Å². The van der Waals surface area contributed by atoms with Gasteiger partial charge in [-0.3, -0.25) is 9.48 Å². The minimum atomic E-state index is -1.30. The second-order valence-electron chi connectivity index (χ2n) is 4.80. The van der Waals surface area contributed by atoms with E-state index in [1.807, 2.05) is 6.92 Å². The second-order valence-corrected chi connectivity index (χ2v) is 6.03. The number of carbonyl (C=O) groups excluding carboxylic acids is 2. The lowest BCUT2D eigenvalue weighted by Crippen LogP contribution is -2.16. The molecule has 0 aliphatic carbocycles. The van der Waals surface area contributed by atoms with Gasteiger partial charge in [0, 0.05) is 18.1 Å². The number of thiophene rings is 1. The first kappa shape index (κ1) is 16.7. The van der Waals surface area contributed by atoms with Crippen molar-refractivity contribution in [2.24, 2.45) is 7.05 Å². The van der Waals surface area contributed by atoms with Crippen LogP contribution in [0.4, 0.5) is 5.00 Å². The number of nitrogens with zero attached hydrogens (tertiary/aromatic N) is 2. The normalized spacial score (nSPS) is 10.4. The fourth-order valence-electron chi connectivity index (χ4n) is 2.05. The summed E-state index contributed by atoms with van der Waals surface area (Å²) in [6.07, 6.45) is 1.31. The van der Waals surface area contributed by atoms with Gasteiger partial charge in [0.25, 0.3) is 5.91 Å². The number of hydrogen-bond acceptors (Lipinski definition) is 6. The van der Waals surface area contributed by atoms with Crippen molar-refractivity contribution in [3.63, 3.8) is 0 Å². The Bertz CT molecular complexity index is 806. The van der Waals surface area contributed by atoms with Crippen LogP contribution >= 0.6 is 11.3 Å². The molecule has 23 heavy (non-hydrogen) atoms.